The van der Waals surface area contributed by atoms with Gasteiger partial charge in [0.05, 0.1) is 0 Å². The number of fused-ring (bicyclic) bond motifs is 1. The number of hydrogen-bond donors (Lipinski definition) is 0. The molecule has 1 aliphatic heterocycles. The molecule has 0 N–H and O–H groups in total. The van der Waals surface area contributed by atoms with E-state index in [2.05, 4.69) is 36.1 Å². The van der Waals surface area contributed by atoms with Crippen LogP contribution in [-0.2, 0) is 17.9 Å². The van der Waals surface area contributed by atoms with Crippen molar-refractivity contribution in [1.82, 2.24) is 4.90 Å². The molecular formula is C13H17NO. The Labute approximate surface area is 90.9 Å². The fourth-order valence-corrected chi connectivity index (χ4v) is 2.22. The first-order valence-corrected chi connectivity index (χ1v) is 5.47. The van der Waals surface area contributed by atoms with Gasteiger partial charge in [0.2, 0.25) is 0 Å². The van der Waals surface area contributed by atoms with Crippen LogP contribution in [0.25, 0.3) is 0 Å². The molecule has 2 rings (SSSR count). The van der Waals surface area contributed by atoms with Crippen LogP contribution in [0.1, 0.15) is 31.4 Å². The van der Waals surface area contributed by atoms with Crippen LogP contribution in [0.3, 0.4) is 0 Å². The molecule has 0 saturated carbocycles. The second kappa shape index (κ2) is 4.15. The second-order valence-corrected chi connectivity index (χ2v) is 4.43. The molecule has 80 valence electrons. The molecule has 1 atom stereocenters. The van der Waals surface area contributed by atoms with Crippen molar-refractivity contribution in [2.75, 3.05) is 0 Å². The van der Waals surface area contributed by atoms with Gasteiger partial charge in [-0.2, -0.15) is 0 Å². The van der Waals surface area contributed by atoms with Crippen LogP contribution >= 0.6 is 0 Å². The molecule has 0 radical (unpaired) electrons. The van der Waals surface area contributed by atoms with Crippen molar-refractivity contribution in [3.63, 3.8) is 0 Å². The first-order valence-electron chi connectivity index (χ1n) is 5.47. The highest BCUT2D eigenvalue weighted by Gasteiger charge is 2.23. The maximum absolute atomic E-state index is 11.1. The minimum absolute atomic E-state index is 0.276. The van der Waals surface area contributed by atoms with E-state index in [0.717, 1.165) is 13.1 Å². The Balaban J connectivity index is 2.03. The Morgan fingerprint density at radius 1 is 1.33 bits per heavy atom. The van der Waals surface area contributed by atoms with Gasteiger partial charge in [0.1, 0.15) is 5.78 Å². The molecule has 1 heterocycles. The largest absolute Gasteiger partial charge is 0.300 e. The monoisotopic (exact) mass is 203 g/mol. The van der Waals surface area contributed by atoms with E-state index in [-0.39, 0.29) is 5.78 Å². The lowest BCUT2D eigenvalue weighted by Crippen LogP contribution is -2.29. The zero-order chi connectivity index (χ0) is 10.8. The van der Waals surface area contributed by atoms with E-state index in [9.17, 15) is 4.79 Å². The molecule has 1 aromatic rings. The van der Waals surface area contributed by atoms with E-state index in [4.69, 9.17) is 0 Å². The summed E-state index contributed by atoms with van der Waals surface area (Å²) in [7, 11) is 0. The first kappa shape index (κ1) is 10.4. The van der Waals surface area contributed by atoms with Gasteiger partial charge >= 0.3 is 0 Å². The van der Waals surface area contributed by atoms with Crippen LogP contribution in [0.2, 0.25) is 0 Å². The predicted octanol–water partition coefficient (Wildman–Crippen LogP) is 2.37. The highest BCUT2D eigenvalue weighted by atomic mass is 16.1. The Bertz CT molecular complexity index is 348. The highest BCUT2D eigenvalue weighted by Crippen LogP contribution is 2.24. The average Bonchev–Trinajstić information content (AvgIpc) is 2.59. The lowest BCUT2D eigenvalue weighted by Gasteiger charge is -2.22. The van der Waals surface area contributed by atoms with E-state index in [1.807, 2.05) is 0 Å². The second-order valence-electron chi connectivity index (χ2n) is 4.43. The minimum atomic E-state index is 0.276. The lowest BCUT2D eigenvalue weighted by molar-refractivity contribution is -0.118. The maximum Gasteiger partial charge on any atom is 0.131 e. The van der Waals surface area contributed by atoms with Gasteiger partial charge in [-0.05, 0) is 25.0 Å². The predicted molar refractivity (Wildman–Crippen MR) is 60.4 cm³/mol. The van der Waals surface area contributed by atoms with Crippen LogP contribution in [0, 0.1) is 0 Å². The quantitative estimate of drug-likeness (QED) is 0.751. The molecule has 1 aromatic carbocycles. The third-order valence-electron chi connectivity index (χ3n) is 3.07. The molecule has 2 nitrogen and oxygen atoms in total. The topological polar surface area (TPSA) is 20.3 Å². The smallest absolute Gasteiger partial charge is 0.131 e. The number of ketones is 1. The van der Waals surface area contributed by atoms with Crippen LogP contribution in [-0.4, -0.2) is 16.7 Å². The molecule has 1 aliphatic rings. The van der Waals surface area contributed by atoms with Crippen molar-refractivity contribution < 1.29 is 4.79 Å². The maximum atomic E-state index is 11.1. The molecule has 0 amide bonds. The van der Waals surface area contributed by atoms with Crippen LogP contribution in [0.4, 0.5) is 0 Å². The third kappa shape index (κ3) is 2.26. The van der Waals surface area contributed by atoms with Gasteiger partial charge < -0.3 is 0 Å². The van der Waals surface area contributed by atoms with Crippen molar-refractivity contribution in [1.29, 1.82) is 0 Å². The van der Waals surface area contributed by atoms with Crippen molar-refractivity contribution in [3.8, 4) is 0 Å². The highest BCUT2D eigenvalue weighted by molar-refractivity contribution is 5.76. The summed E-state index contributed by atoms with van der Waals surface area (Å²) in [6.45, 7) is 5.78. The molecule has 15 heavy (non-hydrogen) atoms. The van der Waals surface area contributed by atoms with Gasteiger partial charge in [-0.1, -0.05) is 24.3 Å². The van der Waals surface area contributed by atoms with Crippen molar-refractivity contribution in [3.05, 3.63) is 35.4 Å². The number of nitrogens with zero attached hydrogens (tertiary/aromatic N) is 1. The van der Waals surface area contributed by atoms with Gasteiger partial charge in [0.15, 0.2) is 0 Å². The average molecular weight is 203 g/mol. The molecule has 0 aromatic heterocycles. The SMILES string of the molecule is CC(=O)CC(C)N1Cc2ccccc2C1. The van der Waals surface area contributed by atoms with Crippen LogP contribution in [0.15, 0.2) is 24.3 Å². The Kier molecular flexibility index (Phi) is 2.87. The fraction of sp³-hybridized carbons (Fsp3) is 0.462. The minimum Gasteiger partial charge on any atom is -0.300 e. The Hall–Kier alpha value is -1.15. The summed E-state index contributed by atoms with van der Waals surface area (Å²) in [6, 6.07) is 8.87. The van der Waals surface area contributed by atoms with E-state index in [0.29, 0.717) is 12.5 Å². The van der Waals surface area contributed by atoms with Crippen molar-refractivity contribution in [2.45, 2.75) is 39.4 Å². The van der Waals surface area contributed by atoms with Gasteiger partial charge in [0.25, 0.3) is 0 Å². The summed E-state index contributed by atoms with van der Waals surface area (Å²) < 4.78 is 0. The molecule has 0 bridgehead atoms. The van der Waals surface area contributed by atoms with E-state index in [1.165, 1.54) is 11.1 Å². The molecule has 2 heteroatoms. The fourth-order valence-electron chi connectivity index (χ4n) is 2.22. The van der Waals surface area contributed by atoms with Crippen molar-refractivity contribution in [2.24, 2.45) is 0 Å². The van der Waals surface area contributed by atoms with E-state index >= 15 is 0 Å². The van der Waals surface area contributed by atoms with Gasteiger partial charge in [-0.25, -0.2) is 0 Å². The Morgan fingerprint density at radius 2 is 1.87 bits per heavy atom. The molecule has 0 saturated heterocycles. The summed E-state index contributed by atoms with van der Waals surface area (Å²) in [5.41, 5.74) is 2.82. The summed E-state index contributed by atoms with van der Waals surface area (Å²) in [4.78, 5) is 13.4. The number of Topliss-reactive ketones (excluding diaryl/α,β-unsaturated/α-hetero) is 1. The lowest BCUT2D eigenvalue weighted by atomic mass is 10.1. The number of rotatable bonds is 3. The zero-order valence-corrected chi connectivity index (χ0v) is 9.36. The van der Waals surface area contributed by atoms with Gasteiger partial charge in [-0.15, -0.1) is 0 Å². The molecule has 0 aliphatic carbocycles. The Morgan fingerprint density at radius 3 is 2.33 bits per heavy atom. The number of carbonyl (C=O) groups excluding carboxylic acids is 1. The van der Waals surface area contributed by atoms with Crippen LogP contribution in [0.5, 0.6) is 0 Å². The summed E-state index contributed by atoms with van der Waals surface area (Å²) >= 11 is 0. The normalized spacial score (nSPS) is 17.5. The standard InChI is InChI=1S/C13H17NO/c1-10(7-11(2)15)14-8-12-5-3-4-6-13(12)9-14/h3-6,10H,7-9H2,1-2H3. The van der Waals surface area contributed by atoms with Crippen molar-refractivity contribution >= 4 is 5.78 Å². The number of benzene rings is 1. The number of carbonyl (C=O) groups is 1. The molecule has 0 fully saturated rings. The number of hydrogen-bond acceptors (Lipinski definition) is 2. The first-order chi connectivity index (χ1) is 7.16. The third-order valence-corrected chi connectivity index (χ3v) is 3.07. The summed E-state index contributed by atoms with van der Waals surface area (Å²) in [6.07, 6.45) is 0.661. The summed E-state index contributed by atoms with van der Waals surface area (Å²) in [5.74, 6) is 0.276. The van der Waals surface area contributed by atoms with E-state index < -0.39 is 0 Å². The molecule has 1 unspecified atom stereocenters. The van der Waals surface area contributed by atoms with E-state index in [1.54, 1.807) is 6.92 Å². The van der Waals surface area contributed by atoms with Gasteiger partial charge in [-0.3, -0.25) is 9.69 Å². The summed E-state index contributed by atoms with van der Waals surface area (Å²) in [5, 5.41) is 0. The molecule has 0 spiro atoms. The zero-order valence-electron chi connectivity index (χ0n) is 9.36. The van der Waals surface area contributed by atoms with Gasteiger partial charge in [0, 0.05) is 25.6 Å². The molecular weight excluding hydrogens is 186 g/mol. The van der Waals surface area contributed by atoms with Crippen LogP contribution < -0.4 is 0 Å².